The number of hydrogen-bond donors (Lipinski definition) is 1. The third-order valence-electron chi connectivity index (χ3n) is 2.86. The van der Waals surface area contributed by atoms with Crippen LogP contribution in [0.15, 0.2) is 42.5 Å². The van der Waals surface area contributed by atoms with Gasteiger partial charge in [-0.3, -0.25) is 0 Å². The minimum Gasteiger partial charge on any atom is -0.339 e. The summed E-state index contributed by atoms with van der Waals surface area (Å²) >= 11 is 1.53. The van der Waals surface area contributed by atoms with E-state index in [2.05, 4.69) is 53.9 Å². The van der Waals surface area contributed by atoms with Crippen LogP contribution in [0.5, 0.6) is 0 Å². The summed E-state index contributed by atoms with van der Waals surface area (Å²) in [6.07, 6.45) is 0. The molecule has 2 nitrogen and oxygen atoms in total. The fourth-order valence-corrected chi connectivity index (χ4v) is 2.90. The van der Waals surface area contributed by atoms with Gasteiger partial charge in [-0.25, -0.2) is 0 Å². The van der Waals surface area contributed by atoms with Crippen LogP contribution in [0.25, 0.3) is 10.1 Å². The molecule has 3 aromatic rings. The van der Waals surface area contributed by atoms with Crippen LogP contribution in [0.4, 0.5) is 11.5 Å². The van der Waals surface area contributed by atoms with Crippen molar-refractivity contribution < 1.29 is 0 Å². The molecule has 0 amide bonds. The Hall–Kier alpha value is -1.87. The predicted molar refractivity (Wildman–Crippen MR) is 78.8 cm³/mol. The summed E-state index contributed by atoms with van der Waals surface area (Å²) in [5.74, 6) is 0.945. The minimum atomic E-state index is 0.945. The maximum Gasteiger partial charge on any atom is 0.151 e. The molecule has 90 valence electrons. The Morgan fingerprint density at radius 1 is 1.00 bits per heavy atom. The van der Waals surface area contributed by atoms with Gasteiger partial charge in [0.2, 0.25) is 0 Å². The lowest BCUT2D eigenvalue weighted by molar-refractivity contribution is 1.37. The molecule has 0 radical (unpaired) electrons. The van der Waals surface area contributed by atoms with E-state index in [1.54, 1.807) is 0 Å². The molecule has 18 heavy (non-hydrogen) atoms. The third-order valence-corrected chi connectivity index (χ3v) is 3.69. The highest BCUT2D eigenvalue weighted by atomic mass is 32.1. The standard InChI is InChI=1S/C15H14N2S/c1-10-7-11(2)9-12(8-10)16-15-13-5-3-4-6-14(13)18-17-15/h3-9H,1-2H3,(H,16,17). The zero-order chi connectivity index (χ0) is 12.5. The molecule has 0 fully saturated rings. The molecule has 0 saturated carbocycles. The highest BCUT2D eigenvalue weighted by Crippen LogP contribution is 2.29. The molecule has 1 N–H and O–H groups in total. The lowest BCUT2D eigenvalue weighted by atomic mass is 10.1. The summed E-state index contributed by atoms with van der Waals surface area (Å²) in [5.41, 5.74) is 3.62. The number of anilines is 2. The molecule has 0 atom stereocenters. The van der Waals surface area contributed by atoms with Crippen LogP contribution in [-0.2, 0) is 0 Å². The fraction of sp³-hybridized carbons (Fsp3) is 0.133. The predicted octanol–water partition coefficient (Wildman–Crippen LogP) is 4.66. The normalized spacial score (nSPS) is 10.8. The highest BCUT2D eigenvalue weighted by Gasteiger charge is 2.05. The zero-order valence-electron chi connectivity index (χ0n) is 10.4. The first-order valence-corrected chi connectivity index (χ1v) is 6.69. The highest BCUT2D eigenvalue weighted by molar-refractivity contribution is 7.13. The van der Waals surface area contributed by atoms with Crippen LogP contribution < -0.4 is 5.32 Å². The molecule has 0 spiro atoms. The fourth-order valence-electron chi connectivity index (χ4n) is 2.16. The first kappa shape index (κ1) is 11.2. The monoisotopic (exact) mass is 254 g/mol. The van der Waals surface area contributed by atoms with Crippen molar-refractivity contribution in [2.75, 3.05) is 5.32 Å². The molecule has 0 aliphatic carbocycles. The van der Waals surface area contributed by atoms with E-state index < -0.39 is 0 Å². The first-order chi connectivity index (χ1) is 8.72. The van der Waals surface area contributed by atoms with Crippen LogP contribution >= 0.6 is 11.5 Å². The van der Waals surface area contributed by atoms with Crippen molar-refractivity contribution >= 4 is 33.1 Å². The molecule has 1 heterocycles. The van der Waals surface area contributed by atoms with Gasteiger partial charge in [-0.2, -0.15) is 4.37 Å². The Morgan fingerprint density at radius 2 is 1.72 bits per heavy atom. The van der Waals surface area contributed by atoms with Crippen molar-refractivity contribution in [1.82, 2.24) is 4.37 Å². The van der Waals surface area contributed by atoms with Gasteiger partial charge in [-0.1, -0.05) is 18.2 Å². The number of nitrogens with zero attached hydrogens (tertiary/aromatic N) is 1. The van der Waals surface area contributed by atoms with Gasteiger partial charge >= 0.3 is 0 Å². The van der Waals surface area contributed by atoms with E-state index in [1.807, 2.05) is 12.1 Å². The Morgan fingerprint density at radius 3 is 2.50 bits per heavy atom. The van der Waals surface area contributed by atoms with Crippen LogP contribution in [0.2, 0.25) is 0 Å². The Labute approximate surface area is 110 Å². The number of nitrogens with one attached hydrogen (secondary N) is 1. The van der Waals surface area contributed by atoms with E-state index in [1.165, 1.54) is 32.7 Å². The summed E-state index contributed by atoms with van der Waals surface area (Å²) in [4.78, 5) is 0. The van der Waals surface area contributed by atoms with Crippen LogP contribution in [0, 0.1) is 13.8 Å². The van der Waals surface area contributed by atoms with Crippen molar-refractivity contribution in [2.24, 2.45) is 0 Å². The van der Waals surface area contributed by atoms with Gasteiger partial charge in [0.05, 0.1) is 4.70 Å². The van der Waals surface area contributed by atoms with Gasteiger partial charge in [-0.05, 0) is 60.8 Å². The topological polar surface area (TPSA) is 24.9 Å². The average Bonchev–Trinajstić information content (AvgIpc) is 2.72. The molecule has 0 bridgehead atoms. The van der Waals surface area contributed by atoms with Gasteiger partial charge in [-0.15, -0.1) is 0 Å². The third kappa shape index (κ3) is 2.09. The van der Waals surface area contributed by atoms with Gasteiger partial charge in [0.1, 0.15) is 0 Å². The SMILES string of the molecule is Cc1cc(C)cc(Nc2nsc3ccccc23)c1. The van der Waals surface area contributed by atoms with E-state index >= 15 is 0 Å². The van der Waals surface area contributed by atoms with E-state index in [0.29, 0.717) is 0 Å². The second-order valence-electron chi connectivity index (χ2n) is 4.53. The average molecular weight is 254 g/mol. The van der Waals surface area contributed by atoms with Crippen LogP contribution in [0.3, 0.4) is 0 Å². The quantitative estimate of drug-likeness (QED) is 0.719. The number of hydrogen-bond acceptors (Lipinski definition) is 3. The smallest absolute Gasteiger partial charge is 0.151 e. The number of aromatic nitrogens is 1. The van der Waals surface area contributed by atoms with Crippen molar-refractivity contribution in [2.45, 2.75) is 13.8 Å². The molecule has 0 unspecified atom stereocenters. The summed E-state index contributed by atoms with van der Waals surface area (Å²) in [6.45, 7) is 4.22. The van der Waals surface area contributed by atoms with E-state index in [0.717, 1.165) is 11.5 Å². The van der Waals surface area contributed by atoms with E-state index in [9.17, 15) is 0 Å². The maximum atomic E-state index is 4.48. The Kier molecular flexibility index (Phi) is 2.76. The Balaban J connectivity index is 2.01. The first-order valence-electron chi connectivity index (χ1n) is 5.92. The molecule has 0 aliphatic rings. The van der Waals surface area contributed by atoms with Gasteiger partial charge in [0.25, 0.3) is 0 Å². The number of benzene rings is 2. The molecular weight excluding hydrogens is 240 g/mol. The lowest BCUT2D eigenvalue weighted by Gasteiger charge is -2.06. The van der Waals surface area contributed by atoms with Crippen molar-refractivity contribution in [3.8, 4) is 0 Å². The molecule has 3 rings (SSSR count). The van der Waals surface area contributed by atoms with Crippen molar-refractivity contribution in [3.63, 3.8) is 0 Å². The van der Waals surface area contributed by atoms with Crippen LogP contribution in [0.1, 0.15) is 11.1 Å². The minimum absolute atomic E-state index is 0.945. The van der Waals surface area contributed by atoms with E-state index in [4.69, 9.17) is 0 Å². The number of rotatable bonds is 2. The molecule has 0 saturated heterocycles. The van der Waals surface area contributed by atoms with Gasteiger partial charge < -0.3 is 5.32 Å². The van der Waals surface area contributed by atoms with Crippen LogP contribution in [-0.4, -0.2) is 4.37 Å². The molecule has 3 heteroatoms. The van der Waals surface area contributed by atoms with Gasteiger partial charge in [0, 0.05) is 11.1 Å². The molecular formula is C15H14N2S. The molecule has 0 aliphatic heterocycles. The maximum absolute atomic E-state index is 4.48. The second-order valence-corrected chi connectivity index (χ2v) is 5.33. The van der Waals surface area contributed by atoms with E-state index in [-0.39, 0.29) is 0 Å². The van der Waals surface area contributed by atoms with Gasteiger partial charge in [0.15, 0.2) is 5.82 Å². The number of fused-ring (bicyclic) bond motifs is 1. The number of aryl methyl sites for hydroxylation is 2. The summed E-state index contributed by atoms with van der Waals surface area (Å²) < 4.78 is 5.69. The summed E-state index contributed by atoms with van der Waals surface area (Å²) in [5, 5.41) is 4.59. The second kappa shape index (κ2) is 4.42. The summed E-state index contributed by atoms with van der Waals surface area (Å²) in [6, 6.07) is 14.7. The largest absolute Gasteiger partial charge is 0.339 e. The Bertz CT molecular complexity index is 680. The molecule has 1 aromatic heterocycles. The van der Waals surface area contributed by atoms with Crippen molar-refractivity contribution in [1.29, 1.82) is 0 Å². The summed E-state index contributed by atoms with van der Waals surface area (Å²) in [7, 11) is 0. The zero-order valence-corrected chi connectivity index (χ0v) is 11.2. The van der Waals surface area contributed by atoms with Crippen molar-refractivity contribution in [3.05, 3.63) is 53.6 Å². The lowest BCUT2D eigenvalue weighted by Crippen LogP contribution is -1.92. The molecule has 2 aromatic carbocycles.